The molecule has 0 saturated heterocycles. The number of benzene rings is 2. The van der Waals surface area contributed by atoms with Gasteiger partial charge in [-0.25, -0.2) is 0 Å². The fourth-order valence-electron chi connectivity index (χ4n) is 1.97. The minimum atomic E-state index is -9.71. The van der Waals surface area contributed by atoms with E-state index in [-0.39, 0.29) is 29.3 Å². The average molecular weight is 398 g/mol. The first kappa shape index (κ1) is 19.8. The van der Waals surface area contributed by atoms with Gasteiger partial charge >= 0.3 is 10.2 Å². The molecule has 11 heteroatoms. The topological polar surface area (TPSA) is 52.4 Å². The first-order valence-electron chi connectivity index (χ1n) is 6.94. The van der Waals surface area contributed by atoms with Crippen LogP contribution in [0.25, 0.3) is 0 Å². The molecule has 0 heterocycles. The minimum absolute atomic E-state index is 0.0487. The van der Waals surface area contributed by atoms with Gasteiger partial charge in [0.2, 0.25) is 0 Å². The molecule has 0 atom stereocenters. The van der Waals surface area contributed by atoms with Gasteiger partial charge < -0.3 is 14.2 Å². The third-order valence-corrected chi connectivity index (χ3v) is 4.40. The third-order valence-electron chi connectivity index (χ3n) is 3.24. The molecule has 0 spiro atoms. The molecule has 0 aromatic heterocycles. The highest BCUT2D eigenvalue weighted by Crippen LogP contribution is 3.02. The van der Waals surface area contributed by atoms with Crippen molar-refractivity contribution < 1.29 is 33.6 Å². The monoisotopic (exact) mass is 398 g/mol. The summed E-state index contributed by atoms with van der Waals surface area (Å²) in [5, 5.41) is 7.60. The summed E-state index contributed by atoms with van der Waals surface area (Å²) >= 11 is 0. The summed E-state index contributed by atoms with van der Waals surface area (Å²) in [5.74, 6) is 0.983. The number of ether oxygens (including phenoxy) is 3. The SMILES string of the molecule is COc1cc(OC)c(OC)cc1/N=N/c1ccc(S(F)(F)(F)(F)F)cc1. The molecule has 0 aliphatic rings. The summed E-state index contributed by atoms with van der Waals surface area (Å²) in [6.45, 7) is 0. The molecule has 0 fully saturated rings. The van der Waals surface area contributed by atoms with Crippen LogP contribution in [0.5, 0.6) is 17.2 Å². The molecule has 26 heavy (non-hydrogen) atoms. The zero-order valence-electron chi connectivity index (χ0n) is 13.9. The van der Waals surface area contributed by atoms with E-state index in [0.717, 1.165) is 12.1 Å². The van der Waals surface area contributed by atoms with Crippen molar-refractivity contribution >= 4 is 21.6 Å². The van der Waals surface area contributed by atoms with Crippen LogP contribution < -0.4 is 14.2 Å². The molecule has 2 aromatic carbocycles. The Morgan fingerprint density at radius 1 is 0.692 bits per heavy atom. The van der Waals surface area contributed by atoms with Crippen molar-refractivity contribution in [3.8, 4) is 17.2 Å². The molecule has 0 saturated carbocycles. The summed E-state index contributed by atoms with van der Waals surface area (Å²) in [4.78, 5) is -1.99. The summed E-state index contributed by atoms with van der Waals surface area (Å²) in [6.07, 6.45) is 0. The van der Waals surface area contributed by atoms with E-state index in [1.165, 1.54) is 33.5 Å². The molecular weight excluding hydrogens is 383 g/mol. The van der Waals surface area contributed by atoms with Crippen LogP contribution in [0.15, 0.2) is 51.5 Å². The smallest absolute Gasteiger partial charge is 0.310 e. The van der Waals surface area contributed by atoms with E-state index in [0.29, 0.717) is 11.5 Å². The van der Waals surface area contributed by atoms with Gasteiger partial charge in [0.15, 0.2) is 11.5 Å². The quantitative estimate of drug-likeness (QED) is 0.398. The predicted octanol–water partition coefficient (Wildman–Crippen LogP) is 6.79. The second-order valence-electron chi connectivity index (χ2n) is 5.04. The maximum Gasteiger partial charge on any atom is 0.310 e. The van der Waals surface area contributed by atoms with Crippen molar-refractivity contribution in [2.45, 2.75) is 4.90 Å². The predicted molar refractivity (Wildman–Crippen MR) is 88.1 cm³/mol. The molecule has 144 valence electrons. The van der Waals surface area contributed by atoms with Crippen LogP contribution in [-0.4, -0.2) is 21.3 Å². The van der Waals surface area contributed by atoms with Crippen LogP contribution in [0, 0.1) is 0 Å². The molecule has 0 aliphatic carbocycles. The van der Waals surface area contributed by atoms with Crippen molar-refractivity contribution in [3.05, 3.63) is 36.4 Å². The third kappa shape index (κ3) is 4.54. The van der Waals surface area contributed by atoms with Gasteiger partial charge in [0.25, 0.3) is 0 Å². The van der Waals surface area contributed by atoms with E-state index in [4.69, 9.17) is 14.2 Å². The van der Waals surface area contributed by atoms with Crippen molar-refractivity contribution in [2.75, 3.05) is 21.3 Å². The normalized spacial score (nSPS) is 14.6. The van der Waals surface area contributed by atoms with E-state index in [9.17, 15) is 19.4 Å². The molecule has 0 radical (unpaired) electrons. The number of halogens is 5. The Morgan fingerprint density at radius 3 is 1.65 bits per heavy atom. The summed E-state index contributed by atoms with van der Waals surface area (Å²) in [7, 11) is -5.50. The molecule has 2 rings (SSSR count). The van der Waals surface area contributed by atoms with Gasteiger partial charge in [-0.15, -0.1) is 5.11 Å². The Morgan fingerprint density at radius 2 is 1.19 bits per heavy atom. The number of azo groups is 1. The maximum absolute atomic E-state index is 12.7. The van der Waals surface area contributed by atoms with Crippen molar-refractivity contribution in [1.82, 2.24) is 0 Å². The minimum Gasteiger partial charge on any atom is -0.494 e. The van der Waals surface area contributed by atoms with Crippen molar-refractivity contribution in [2.24, 2.45) is 10.2 Å². The van der Waals surface area contributed by atoms with Gasteiger partial charge in [-0.1, -0.05) is 19.4 Å². The van der Waals surface area contributed by atoms with Crippen LogP contribution in [0.4, 0.5) is 30.8 Å². The van der Waals surface area contributed by atoms with Crippen molar-refractivity contribution in [3.63, 3.8) is 0 Å². The van der Waals surface area contributed by atoms with Crippen molar-refractivity contribution in [1.29, 1.82) is 0 Å². The summed E-state index contributed by atoms with van der Waals surface area (Å²) < 4.78 is 78.8. The summed E-state index contributed by atoms with van der Waals surface area (Å²) in [5.41, 5.74) is 0.161. The lowest BCUT2D eigenvalue weighted by atomic mass is 10.2. The average Bonchev–Trinajstić information content (AvgIpc) is 2.57. The van der Waals surface area contributed by atoms with E-state index in [2.05, 4.69) is 10.2 Å². The lowest BCUT2D eigenvalue weighted by Gasteiger charge is -2.40. The first-order valence-corrected chi connectivity index (χ1v) is 8.89. The van der Waals surface area contributed by atoms with Gasteiger partial charge in [-0.3, -0.25) is 0 Å². The van der Waals surface area contributed by atoms with Gasteiger partial charge in [0.1, 0.15) is 16.3 Å². The largest absolute Gasteiger partial charge is 0.494 e. The first-order chi connectivity index (χ1) is 11.9. The second kappa shape index (κ2) is 6.01. The summed E-state index contributed by atoms with van der Waals surface area (Å²) in [6, 6.07) is 5.06. The van der Waals surface area contributed by atoms with Crippen LogP contribution in [0.3, 0.4) is 0 Å². The highest BCUT2D eigenvalue weighted by atomic mass is 32.5. The molecule has 0 bridgehead atoms. The maximum atomic E-state index is 12.7. The fraction of sp³-hybridized carbons (Fsp3) is 0.200. The number of hydrogen-bond acceptors (Lipinski definition) is 5. The van der Waals surface area contributed by atoms with Crippen LogP contribution in [-0.2, 0) is 0 Å². The molecular formula is C15H15F5N2O3S. The fourth-order valence-corrected chi connectivity index (χ4v) is 2.62. The van der Waals surface area contributed by atoms with Crippen LogP contribution in [0.2, 0.25) is 0 Å². The Labute approximate surface area is 146 Å². The number of hydrogen-bond donors (Lipinski definition) is 0. The number of nitrogens with zero attached hydrogens (tertiary/aromatic N) is 2. The zero-order chi connectivity index (χ0) is 19.7. The van der Waals surface area contributed by atoms with Gasteiger partial charge in [-0.2, -0.15) is 5.11 Å². The van der Waals surface area contributed by atoms with Crippen LogP contribution >= 0.6 is 10.2 Å². The number of methoxy groups -OCH3 is 3. The Hall–Kier alpha value is -2.56. The molecule has 0 unspecified atom stereocenters. The zero-order valence-corrected chi connectivity index (χ0v) is 14.7. The van der Waals surface area contributed by atoms with Gasteiger partial charge in [-0.05, 0) is 24.3 Å². The molecule has 0 aliphatic heterocycles. The molecule has 2 aromatic rings. The van der Waals surface area contributed by atoms with Gasteiger partial charge in [0.05, 0.1) is 27.0 Å². The lowest BCUT2D eigenvalue weighted by Crippen LogP contribution is -2.05. The molecule has 5 nitrogen and oxygen atoms in total. The van der Waals surface area contributed by atoms with E-state index < -0.39 is 15.1 Å². The Bertz CT molecular complexity index is 840. The van der Waals surface area contributed by atoms with E-state index in [1.54, 1.807) is 0 Å². The number of rotatable bonds is 6. The Balaban J connectivity index is 2.36. The second-order valence-corrected chi connectivity index (χ2v) is 7.45. The molecule has 0 N–H and O–H groups in total. The van der Waals surface area contributed by atoms with E-state index in [1.807, 2.05) is 0 Å². The van der Waals surface area contributed by atoms with Crippen LogP contribution in [0.1, 0.15) is 0 Å². The highest BCUT2D eigenvalue weighted by molar-refractivity contribution is 8.45. The highest BCUT2D eigenvalue weighted by Gasteiger charge is 2.65. The lowest BCUT2D eigenvalue weighted by molar-refractivity contribution is 0.349. The standard InChI is InChI=1S/C15H15F5N2O3S/c1-23-13-9-15(25-3)14(24-2)8-12(13)22-21-10-4-6-11(7-5-10)26(16,17,18,19)20/h4-9H,1-3H3/b22-21+. The van der Waals surface area contributed by atoms with E-state index >= 15 is 0 Å². The Kier molecular flexibility index (Phi) is 4.57. The molecule has 0 amide bonds. The van der Waals surface area contributed by atoms with Gasteiger partial charge in [0, 0.05) is 12.1 Å².